The maximum absolute atomic E-state index is 13.1. The van der Waals surface area contributed by atoms with Crippen LogP contribution in [0.3, 0.4) is 0 Å². The second-order valence-electron chi connectivity index (χ2n) is 7.11. The third-order valence-corrected chi connectivity index (χ3v) is 5.51. The van der Waals surface area contributed by atoms with Crippen LogP contribution in [0.1, 0.15) is 35.1 Å². The number of carbonyl (C=O) groups excluding carboxylic acids is 2. The quantitative estimate of drug-likeness (QED) is 0.842. The van der Waals surface area contributed by atoms with Crippen LogP contribution in [0.4, 0.5) is 0 Å². The summed E-state index contributed by atoms with van der Waals surface area (Å²) in [6.45, 7) is 0. The average molecular weight is 346 g/mol. The maximum atomic E-state index is 13.1. The molecule has 0 bridgehead atoms. The zero-order chi connectivity index (χ0) is 18.1. The van der Waals surface area contributed by atoms with E-state index in [1.165, 1.54) is 11.1 Å². The Bertz CT molecular complexity index is 893. The minimum Gasteiger partial charge on any atom is -0.500 e. The molecule has 0 fully saturated rings. The first kappa shape index (κ1) is 16.8. The Morgan fingerprint density at radius 3 is 2.58 bits per heavy atom. The molecule has 0 amide bonds. The summed E-state index contributed by atoms with van der Waals surface area (Å²) in [5.74, 6) is 1.16. The number of hydrogen-bond donors (Lipinski definition) is 0. The molecule has 0 heterocycles. The van der Waals surface area contributed by atoms with Gasteiger partial charge in [-0.3, -0.25) is 9.59 Å². The fourth-order valence-electron chi connectivity index (χ4n) is 4.21. The molecule has 1 atom stereocenters. The average Bonchev–Trinajstić information content (AvgIpc) is 2.98. The van der Waals surface area contributed by atoms with Gasteiger partial charge in [0.1, 0.15) is 11.5 Å². The molecule has 2 aliphatic rings. The van der Waals surface area contributed by atoms with Crippen LogP contribution < -0.4 is 0 Å². The molecule has 3 heteroatoms. The minimum absolute atomic E-state index is 0.0933. The molecule has 0 saturated heterocycles. The number of ketones is 2. The van der Waals surface area contributed by atoms with Gasteiger partial charge in [0.15, 0.2) is 5.78 Å². The van der Waals surface area contributed by atoms with E-state index in [9.17, 15) is 9.59 Å². The van der Waals surface area contributed by atoms with E-state index in [-0.39, 0.29) is 11.7 Å². The van der Waals surface area contributed by atoms with Crippen LogP contribution in [0.15, 0.2) is 54.3 Å². The number of carbonyl (C=O) groups is 2. The highest BCUT2D eigenvalue weighted by atomic mass is 16.5. The molecule has 0 saturated carbocycles. The van der Waals surface area contributed by atoms with E-state index in [2.05, 4.69) is 6.07 Å². The van der Waals surface area contributed by atoms with Gasteiger partial charge in [-0.1, -0.05) is 48.5 Å². The van der Waals surface area contributed by atoms with Crippen molar-refractivity contribution in [3.05, 3.63) is 76.5 Å². The molecule has 0 aliphatic heterocycles. The predicted molar refractivity (Wildman–Crippen MR) is 101 cm³/mol. The topological polar surface area (TPSA) is 43.4 Å². The number of Topliss-reactive ketones (excluding diaryl/α,β-unsaturated/α-hetero) is 2. The number of fused-ring (bicyclic) bond motifs is 1. The van der Waals surface area contributed by atoms with E-state index in [0.29, 0.717) is 31.5 Å². The fourth-order valence-corrected chi connectivity index (χ4v) is 4.21. The second-order valence-corrected chi connectivity index (χ2v) is 7.11. The maximum Gasteiger partial charge on any atom is 0.170 e. The molecule has 132 valence electrons. The Kier molecular flexibility index (Phi) is 4.46. The molecule has 4 rings (SSSR count). The van der Waals surface area contributed by atoms with Crippen LogP contribution in [-0.4, -0.2) is 18.7 Å². The van der Waals surface area contributed by atoms with Gasteiger partial charge in [0, 0.05) is 25.2 Å². The molecule has 0 radical (unpaired) electrons. The molecule has 2 aromatic carbocycles. The van der Waals surface area contributed by atoms with E-state index in [1.54, 1.807) is 7.11 Å². The van der Waals surface area contributed by atoms with Crippen LogP contribution in [0.5, 0.6) is 0 Å². The number of allylic oxidation sites excluding steroid dienone is 2. The third kappa shape index (κ3) is 2.98. The van der Waals surface area contributed by atoms with E-state index < -0.39 is 0 Å². The van der Waals surface area contributed by atoms with Crippen molar-refractivity contribution in [3.8, 4) is 0 Å². The first-order valence-electron chi connectivity index (χ1n) is 9.15. The summed E-state index contributed by atoms with van der Waals surface area (Å²) in [5.41, 5.74) is 5.26. The third-order valence-electron chi connectivity index (χ3n) is 5.51. The van der Waals surface area contributed by atoms with Crippen LogP contribution in [-0.2, 0) is 33.6 Å². The van der Waals surface area contributed by atoms with Gasteiger partial charge in [-0.25, -0.2) is 0 Å². The molecule has 2 aromatic rings. The van der Waals surface area contributed by atoms with Crippen LogP contribution in [0, 0.1) is 5.92 Å². The normalized spacial score (nSPS) is 19.7. The molecular weight excluding hydrogens is 324 g/mol. The van der Waals surface area contributed by atoms with E-state index >= 15 is 0 Å². The van der Waals surface area contributed by atoms with Gasteiger partial charge in [-0.05, 0) is 35.1 Å². The van der Waals surface area contributed by atoms with E-state index in [0.717, 1.165) is 28.9 Å². The summed E-state index contributed by atoms with van der Waals surface area (Å²) in [6.07, 6.45) is 3.28. The highest BCUT2D eigenvalue weighted by Gasteiger charge is 2.35. The van der Waals surface area contributed by atoms with Crippen molar-refractivity contribution < 1.29 is 14.3 Å². The van der Waals surface area contributed by atoms with Crippen molar-refractivity contribution in [2.45, 2.75) is 32.1 Å². The fraction of sp³-hybridized carbons (Fsp3) is 0.304. The molecule has 0 spiro atoms. The first-order chi connectivity index (χ1) is 12.7. The number of methoxy groups -OCH3 is 1. The zero-order valence-electron chi connectivity index (χ0n) is 15.0. The summed E-state index contributed by atoms with van der Waals surface area (Å²) in [6, 6.07) is 15.9. The van der Waals surface area contributed by atoms with Gasteiger partial charge in [0.05, 0.1) is 12.7 Å². The molecule has 26 heavy (non-hydrogen) atoms. The van der Waals surface area contributed by atoms with E-state index in [4.69, 9.17) is 4.74 Å². The van der Waals surface area contributed by atoms with Gasteiger partial charge in [-0.15, -0.1) is 0 Å². The summed E-state index contributed by atoms with van der Waals surface area (Å²) < 4.78 is 5.56. The highest BCUT2D eigenvalue weighted by Crippen LogP contribution is 2.38. The van der Waals surface area contributed by atoms with Crippen LogP contribution >= 0.6 is 0 Å². The lowest BCUT2D eigenvalue weighted by Gasteiger charge is -2.20. The molecular formula is C23H22O3. The summed E-state index contributed by atoms with van der Waals surface area (Å²) in [7, 11) is 1.64. The first-order valence-corrected chi connectivity index (χ1v) is 9.15. The van der Waals surface area contributed by atoms with Crippen molar-refractivity contribution in [1.29, 1.82) is 0 Å². The Hall–Kier alpha value is -2.68. The van der Waals surface area contributed by atoms with Gasteiger partial charge >= 0.3 is 0 Å². The summed E-state index contributed by atoms with van der Waals surface area (Å²) >= 11 is 0. The lowest BCUT2D eigenvalue weighted by Crippen LogP contribution is -2.18. The molecule has 1 unspecified atom stereocenters. The Balaban J connectivity index is 1.61. The Labute approximate surface area is 153 Å². The molecule has 3 nitrogen and oxygen atoms in total. The van der Waals surface area contributed by atoms with Crippen molar-refractivity contribution >= 4 is 17.1 Å². The van der Waals surface area contributed by atoms with Crippen molar-refractivity contribution in [1.82, 2.24) is 0 Å². The van der Waals surface area contributed by atoms with Crippen LogP contribution in [0.2, 0.25) is 0 Å². The SMILES string of the molecule is COC1=C(c2ccccc2)C(=O)C(Cc2cccc3c2CCC(=O)C3)C1. The monoisotopic (exact) mass is 346 g/mol. The zero-order valence-corrected chi connectivity index (χ0v) is 15.0. The van der Waals surface area contributed by atoms with Gasteiger partial charge in [-0.2, -0.15) is 0 Å². The highest BCUT2D eigenvalue weighted by molar-refractivity contribution is 6.24. The lowest BCUT2D eigenvalue weighted by molar-refractivity contribution is -0.119. The molecule has 2 aliphatic carbocycles. The van der Waals surface area contributed by atoms with Crippen molar-refractivity contribution in [3.63, 3.8) is 0 Å². The van der Waals surface area contributed by atoms with E-state index in [1.807, 2.05) is 42.5 Å². The van der Waals surface area contributed by atoms with Crippen molar-refractivity contribution in [2.75, 3.05) is 7.11 Å². The lowest BCUT2D eigenvalue weighted by atomic mass is 9.83. The minimum atomic E-state index is -0.0933. The summed E-state index contributed by atoms with van der Waals surface area (Å²) in [5, 5.41) is 0. The second kappa shape index (κ2) is 6.91. The number of rotatable bonds is 4. The van der Waals surface area contributed by atoms with Gasteiger partial charge in [0.25, 0.3) is 0 Å². The Morgan fingerprint density at radius 1 is 1.00 bits per heavy atom. The largest absolute Gasteiger partial charge is 0.500 e. The van der Waals surface area contributed by atoms with Gasteiger partial charge in [0.2, 0.25) is 0 Å². The van der Waals surface area contributed by atoms with Crippen LogP contribution in [0.25, 0.3) is 5.57 Å². The number of ether oxygens (including phenoxy) is 1. The van der Waals surface area contributed by atoms with Gasteiger partial charge < -0.3 is 4.74 Å². The standard InChI is InChI=1S/C23H22O3/c1-26-21-14-18(23(25)22(21)15-6-3-2-4-7-15)12-16-8-5-9-17-13-19(24)10-11-20(16)17/h2-9,18H,10-14H2,1H3. The molecule has 0 N–H and O–H groups in total. The smallest absolute Gasteiger partial charge is 0.170 e. The Morgan fingerprint density at radius 2 is 1.81 bits per heavy atom. The molecule has 0 aromatic heterocycles. The number of hydrogen-bond acceptors (Lipinski definition) is 3. The van der Waals surface area contributed by atoms with Crippen molar-refractivity contribution in [2.24, 2.45) is 5.92 Å². The summed E-state index contributed by atoms with van der Waals surface area (Å²) in [4.78, 5) is 24.8. The predicted octanol–water partition coefficient (Wildman–Crippen LogP) is 3.93. The number of benzene rings is 2.